The van der Waals surface area contributed by atoms with Gasteiger partial charge < -0.3 is 0 Å². The number of hydrogen-bond donors (Lipinski definition) is 0. The quantitative estimate of drug-likeness (QED) is 0.495. The number of ketones is 1. The van der Waals surface area contributed by atoms with E-state index < -0.39 is 0 Å². The molecule has 3 rings (SSSR count). The Morgan fingerprint density at radius 2 is 2.08 bits per heavy atom. The van der Waals surface area contributed by atoms with Crippen molar-refractivity contribution >= 4 is 5.78 Å². The summed E-state index contributed by atoms with van der Waals surface area (Å²) in [7, 11) is 0. The Hall–Kier alpha value is -0.850. The van der Waals surface area contributed by atoms with Gasteiger partial charge >= 0.3 is 0 Å². The summed E-state index contributed by atoms with van der Waals surface area (Å²) in [5, 5.41) is 0. The molecule has 1 heteroatoms. The molecule has 0 spiro atoms. The van der Waals surface area contributed by atoms with E-state index >= 15 is 0 Å². The van der Waals surface area contributed by atoms with Gasteiger partial charge in [-0.2, -0.15) is 0 Å². The van der Waals surface area contributed by atoms with Crippen molar-refractivity contribution in [1.29, 1.82) is 0 Å². The molecule has 3 aliphatic rings. The Morgan fingerprint density at radius 3 is 2.92 bits per heavy atom. The summed E-state index contributed by atoms with van der Waals surface area (Å²) in [4.78, 5) is 11.5. The molecule has 0 radical (unpaired) electrons. The number of fused-ring (bicyclic) bond motifs is 5. The third kappa shape index (κ3) is 0.669. The van der Waals surface area contributed by atoms with E-state index in [1.54, 1.807) is 6.08 Å². The molecule has 0 N–H and O–H groups in total. The van der Waals surface area contributed by atoms with Gasteiger partial charge in [-0.15, -0.1) is 0 Å². The van der Waals surface area contributed by atoms with Crippen LogP contribution in [-0.2, 0) is 4.79 Å². The van der Waals surface area contributed by atoms with E-state index in [0.29, 0.717) is 29.5 Å². The Labute approximate surface area is 72.2 Å². The molecule has 0 unspecified atom stereocenters. The highest BCUT2D eigenvalue weighted by Crippen LogP contribution is 2.51. The molecule has 0 aromatic rings. The third-order valence-corrected chi connectivity index (χ3v) is 3.64. The van der Waals surface area contributed by atoms with Gasteiger partial charge in [0.25, 0.3) is 0 Å². The summed E-state index contributed by atoms with van der Waals surface area (Å²) in [6.07, 6.45) is 10.8. The molecule has 0 heterocycles. The number of rotatable bonds is 0. The average molecular weight is 160 g/mol. The second kappa shape index (κ2) is 2.09. The van der Waals surface area contributed by atoms with E-state index in [9.17, 15) is 4.79 Å². The smallest absolute Gasteiger partial charge is 0.159 e. The predicted molar refractivity (Wildman–Crippen MR) is 46.5 cm³/mol. The first-order valence-electron chi connectivity index (χ1n) is 4.75. The van der Waals surface area contributed by atoms with Gasteiger partial charge in [0.05, 0.1) is 0 Å². The van der Waals surface area contributed by atoms with E-state index in [2.05, 4.69) is 18.2 Å². The van der Waals surface area contributed by atoms with Gasteiger partial charge in [-0.05, 0) is 36.7 Å². The fraction of sp³-hybridized carbons (Fsp3) is 0.545. The summed E-state index contributed by atoms with van der Waals surface area (Å²) in [6.45, 7) is 0. The van der Waals surface area contributed by atoms with Crippen molar-refractivity contribution < 1.29 is 4.79 Å². The average Bonchev–Trinajstić information content (AvgIpc) is 2.64. The fourth-order valence-corrected chi connectivity index (χ4v) is 3.12. The molecule has 12 heavy (non-hydrogen) atoms. The lowest BCUT2D eigenvalue weighted by Crippen LogP contribution is -2.28. The molecule has 62 valence electrons. The lowest BCUT2D eigenvalue weighted by atomic mass is 9.76. The highest BCUT2D eigenvalue weighted by molar-refractivity contribution is 5.93. The van der Waals surface area contributed by atoms with Crippen LogP contribution in [0, 0.1) is 23.7 Å². The SMILES string of the molecule is O=C1C=CC[C@H]2[C@@H]1[C@H]1C=C[C@H]2C1. The van der Waals surface area contributed by atoms with E-state index in [-0.39, 0.29) is 0 Å². The standard InChI is InChI=1S/C11H12O/c12-10-3-1-2-9-7-4-5-8(6-7)11(9)10/h1,3-5,7-9,11H,2,6H2/t7-,8-,9+,11-/m0/s1. The lowest BCUT2D eigenvalue weighted by molar-refractivity contribution is -0.120. The number of carbonyl (C=O) groups is 1. The molecule has 1 saturated carbocycles. The van der Waals surface area contributed by atoms with Gasteiger partial charge in [0.15, 0.2) is 5.78 Å². The van der Waals surface area contributed by atoms with Gasteiger partial charge in [0, 0.05) is 5.92 Å². The van der Waals surface area contributed by atoms with Crippen LogP contribution < -0.4 is 0 Å². The number of hydrogen-bond acceptors (Lipinski definition) is 1. The Balaban J connectivity index is 2.03. The zero-order valence-corrected chi connectivity index (χ0v) is 6.94. The Kier molecular flexibility index (Phi) is 1.16. The number of allylic oxidation sites excluding steroid dienone is 4. The zero-order chi connectivity index (χ0) is 8.13. The summed E-state index contributed by atoms with van der Waals surface area (Å²) in [5.74, 6) is 2.68. The minimum absolute atomic E-state index is 0.352. The van der Waals surface area contributed by atoms with Crippen LogP contribution in [0.1, 0.15) is 12.8 Å². The van der Waals surface area contributed by atoms with Crippen molar-refractivity contribution in [3.05, 3.63) is 24.3 Å². The highest BCUT2D eigenvalue weighted by atomic mass is 16.1. The van der Waals surface area contributed by atoms with Crippen LogP contribution in [0.4, 0.5) is 0 Å². The zero-order valence-electron chi connectivity index (χ0n) is 6.94. The first-order chi connectivity index (χ1) is 5.86. The van der Waals surface area contributed by atoms with Crippen molar-refractivity contribution in [2.75, 3.05) is 0 Å². The van der Waals surface area contributed by atoms with Gasteiger partial charge in [-0.1, -0.05) is 18.2 Å². The van der Waals surface area contributed by atoms with Crippen LogP contribution in [0.25, 0.3) is 0 Å². The molecule has 4 atom stereocenters. The lowest BCUT2D eigenvalue weighted by Gasteiger charge is -2.27. The maximum atomic E-state index is 11.5. The summed E-state index contributed by atoms with van der Waals surface area (Å²) < 4.78 is 0. The van der Waals surface area contributed by atoms with Gasteiger partial charge in [-0.3, -0.25) is 4.79 Å². The molecule has 2 bridgehead atoms. The van der Waals surface area contributed by atoms with Gasteiger partial charge in [0.2, 0.25) is 0 Å². The van der Waals surface area contributed by atoms with Gasteiger partial charge in [0.1, 0.15) is 0 Å². The van der Waals surface area contributed by atoms with E-state index in [1.165, 1.54) is 6.42 Å². The monoisotopic (exact) mass is 160 g/mol. The van der Waals surface area contributed by atoms with Crippen LogP contribution in [0.2, 0.25) is 0 Å². The molecule has 0 aromatic carbocycles. The van der Waals surface area contributed by atoms with Gasteiger partial charge in [-0.25, -0.2) is 0 Å². The topological polar surface area (TPSA) is 17.1 Å². The minimum atomic E-state index is 0.352. The van der Waals surface area contributed by atoms with Crippen LogP contribution in [0.5, 0.6) is 0 Å². The normalized spacial score (nSPS) is 48.5. The first-order valence-corrected chi connectivity index (χ1v) is 4.75. The molecule has 0 aliphatic heterocycles. The first kappa shape index (κ1) is 6.64. The summed E-state index contributed by atoms with van der Waals surface area (Å²) in [6, 6.07) is 0. The molecule has 0 aromatic heterocycles. The largest absolute Gasteiger partial charge is 0.295 e. The predicted octanol–water partition coefficient (Wildman–Crippen LogP) is 1.95. The van der Waals surface area contributed by atoms with Crippen molar-refractivity contribution in [1.82, 2.24) is 0 Å². The van der Waals surface area contributed by atoms with Crippen LogP contribution in [0.15, 0.2) is 24.3 Å². The molecule has 1 fully saturated rings. The maximum absolute atomic E-state index is 11.5. The van der Waals surface area contributed by atoms with E-state index in [0.717, 1.165) is 6.42 Å². The van der Waals surface area contributed by atoms with Crippen molar-refractivity contribution in [2.24, 2.45) is 23.7 Å². The Morgan fingerprint density at radius 1 is 1.25 bits per heavy atom. The maximum Gasteiger partial charge on any atom is 0.159 e. The second-order valence-electron chi connectivity index (χ2n) is 4.18. The summed E-state index contributed by atoms with van der Waals surface area (Å²) >= 11 is 0. The Bertz CT molecular complexity index is 287. The van der Waals surface area contributed by atoms with E-state index in [1.807, 2.05) is 0 Å². The highest BCUT2D eigenvalue weighted by Gasteiger charge is 2.47. The van der Waals surface area contributed by atoms with Crippen LogP contribution >= 0.6 is 0 Å². The molecular formula is C11H12O. The third-order valence-electron chi connectivity index (χ3n) is 3.64. The minimum Gasteiger partial charge on any atom is -0.295 e. The fourth-order valence-electron chi connectivity index (χ4n) is 3.12. The van der Waals surface area contributed by atoms with Crippen molar-refractivity contribution in [3.63, 3.8) is 0 Å². The number of carbonyl (C=O) groups excluding carboxylic acids is 1. The summed E-state index contributed by atoms with van der Waals surface area (Å²) in [5.41, 5.74) is 0. The molecule has 0 saturated heterocycles. The second-order valence-corrected chi connectivity index (χ2v) is 4.18. The molecule has 3 aliphatic carbocycles. The van der Waals surface area contributed by atoms with Crippen LogP contribution in [-0.4, -0.2) is 5.78 Å². The van der Waals surface area contributed by atoms with Crippen molar-refractivity contribution in [3.8, 4) is 0 Å². The molecular weight excluding hydrogens is 148 g/mol. The molecule has 0 amide bonds. The van der Waals surface area contributed by atoms with E-state index in [4.69, 9.17) is 0 Å². The van der Waals surface area contributed by atoms with Crippen LogP contribution in [0.3, 0.4) is 0 Å². The molecule has 1 nitrogen and oxygen atoms in total. The van der Waals surface area contributed by atoms with Crippen molar-refractivity contribution in [2.45, 2.75) is 12.8 Å².